The maximum atomic E-state index is 5.65. The molecule has 4 heteroatoms. The van der Waals surface area contributed by atoms with Crippen LogP contribution in [0.2, 0.25) is 0 Å². The van der Waals surface area contributed by atoms with Gasteiger partial charge in [-0.3, -0.25) is 0 Å². The van der Waals surface area contributed by atoms with Crippen LogP contribution in [-0.2, 0) is 6.54 Å². The molecule has 2 aromatic heterocycles. The number of hydrogen-bond donors (Lipinski definition) is 1. The van der Waals surface area contributed by atoms with Crippen molar-refractivity contribution < 1.29 is 4.74 Å². The van der Waals surface area contributed by atoms with Crippen molar-refractivity contribution in [1.29, 1.82) is 0 Å². The maximum absolute atomic E-state index is 5.65. The highest BCUT2D eigenvalue weighted by Gasteiger charge is 2.03. The average molecular weight is 281 g/mol. The molecule has 0 fully saturated rings. The van der Waals surface area contributed by atoms with Crippen molar-refractivity contribution in [3.8, 4) is 5.75 Å². The van der Waals surface area contributed by atoms with Gasteiger partial charge in [0.1, 0.15) is 5.75 Å². The number of nitrogens with zero attached hydrogens (tertiary/aromatic N) is 2. The summed E-state index contributed by atoms with van der Waals surface area (Å²) in [7, 11) is 0. The van der Waals surface area contributed by atoms with Gasteiger partial charge in [-0.15, -0.1) is 0 Å². The summed E-state index contributed by atoms with van der Waals surface area (Å²) >= 11 is 0. The lowest BCUT2D eigenvalue weighted by molar-refractivity contribution is 0.317. The predicted molar refractivity (Wildman–Crippen MR) is 84.7 cm³/mol. The summed E-state index contributed by atoms with van der Waals surface area (Å²) in [5.74, 6) is 0.904. The zero-order valence-electron chi connectivity index (χ0n) is 12.1. The Kier molecular flexibility index (Phi) is 4.05. The molecule has 1 aromatic carbocycles. The number of hydrogen-bond acceptors (Lipinski definition) is 3. The van der Waals surface area contributed by atoms with Gasteiger partial charge in [0.25, 0.3) is 0 Å². The minimum absolute atomic E-state index is 0.741. The van der Waals surface area contributed by atoms with Gasteiger partial charge in [-0.05, 0) is 30.7 Å². The van der Waals surface area contributed by atoms with Gasteiger partial charge in [0.05, 0.1) is 18.3 Å². The fourth-order valence-corrected chi connectivity index (χ4v) is 2.24. The number of aromatic nitrogens is 2. The Bertz CT molecular complexity index is 721. The van der Waals surface area contributed by atoms with E-state index in [4.69, 9.17) is 4.74 Å². The quantitative estimate of drug-likeness (QED) is 0.748. The minimum Gasteiger partial charge on any atom is -0.494 e. The predicted octanol–water partition coefficient (Wildman–Crippen LogP) is 3.74. The van der Waals surface area contributed by atoms with Gasteiger partial charge >= 0.3 is 0 Å². The third-order valence-corrected chi connectivity index (χ3v) is 3.30. The summed E-state index contributed by atoms with van der Waals surface area (Å²) in [5.41, 5.74) is 3.36. The largest absolute Gasteiger partial charge is 0.494 e. The maximum Gasteiger partial charge on any atom is 0.121 e. The summed E-state index contributed by atoms with van der Waals surface area (Å²) in [6.07, 6.45) is 4.87. The normalized spacial score (nSPS) is 10.7. The lowest BCUT2D eigenvalue weighted by atomic mass is 10.2. The Hall–Kier alpha value is -2.49. The van der Waals surface area contributed by atoms with E-state index in [-0.39, 0.29) is 0 Å². The van der Waals surface area contributed by atoms with E-state index in [9.17, 15) is 0 Å². The molecule has 0 radical (unpaired) electrons. The summed E-state index contributed by atoms with van der Waals surface area (Å²) in [4.78, 5) is 0. The number of ether oxygens (including phenoxy) is 1. The third kappa shape index (κ3) is 3.16. The molecular weight excluding hydrogens is 262 g/mol. The van der Waals surface area contributed by atoms with Crippen LogP contribution in [0.15, 0.2) is 54.9 Å². The molecule has 0 spiro atoms. The van der Waals surface area contributed by atoms with E-state index in [0.29, 0.717) is 0 Å². The van der Waals surface area contributed by atoms with E-state index >= 15 is 0 Å². The molecule has 0 unspecified atom stereocenters. The first-order chi connectivity index (χ1) is 10.4. The molecule has 3 rings (SSSR count). The van der Waals surface area contributed by atoms with Gasteiger partial charge in [-0.2, -0.15) is 5.10 Å². The van der Waals surface area contributed by atoms with Crippen molar-refractivity contribution in [2.75, 3.05) is 11.9 Å². The molecule has 108 valence electrons. The standard InChI is InChI=1S/C17H19N3O/c1-2-10-21-16-7-5-6-15(11-16)18-12-14-13-19-20-9-4-3-8-17(14)20/h3-9,11,13,18H,2,10,12H2,1H3. The number of pyridine rings is 1. The first kappa shape index (κ1) is 13.5. The summed E-state index contributed by atoms with van der Waals surface area (Å²) < 4.78 is 7.53. The molecule has 4 nitrogen and oxygen atoms in total. The molecule has 0 aliphatic rings. The second-order valence-electron chi connectivity index (χ2n) is 4.93. The van der Waals surface area contributed by atoms with Gasteiger partial charge in [-0.25, -0.2) is 4.52 Å². The second-order valence-corrected chi connectivity index (χ2v) is 4.93. The van der Waals surface area contributed by atoms with Crippen LogP contribution in [0, 0.1) is 0 Å². The van der Waals surface area contributed by atoms with Crippen LogP contribution < -0.4 is 10.1 Å². The molecule has 0 amide bonds. The van der Waals surface area contributed by atoms with Crippen molar-refractivity contribution in [2.45, 2.75) is 19.9 Å². The highest BCUT2D eigenvalue weighted by Crippen LogP contribution is 2.19. The van der Waals surface area contributed by atoms with Crippen LogP contribution in [0.3, 0.4) is 0 Å². The van der Waals surface area contributed by atoms with E-state index in [2.05, 4.69) is 23.4 Å². The van der Waals surface area contributed by atoms with Crippen molar-refractivity contribution in [3.05, 3.63) is 60.4 Å². The number of nitrogens with one attached hydrogen (secondary N) is 1. The average Bonchev–Trinajstić information content (AvgIpc) is 2.95. The monoisotopic (exact) mass is 281 g/mol. The topological polar surface area (TPSA) is 38.6 Å². The van der Waals surface area contributed by atoms with Gasteiger partial charge in [0.2, 0.25) is 0 Å². The van der Waals surface area contributed by atoms with Crippen molar-refractivity contribution in [3.63, 3.8) is 0 Å². The molecule has 0 aliphatic heterocycles. The Morgan fingerprint density at radius 1 is 1.19 bits per heavy atom. The number of benzene rings is 1. The molecule has 0 bridgehead atoms. The Morgan fingerprint density at radius 3 is 3.05 bits per heavy atom. The zero-order chi connectivity index (χ0) is 14.5. The molecule has 0 atom stereocenters. The molecule has 0 aliphatic carbocycles. The lowest BCUT2D eigenvalue weighted by Crippen LogP contribution is -2.00. The SMILES string of the molecule is CCCOc1cccc(NCc2cnn3ccccc23)c1. The van der Waals surface area contributed by atoms with Crippen LogP contribution in [0.4, 0.5) is 5.69 Å². The van der Waals surface area contributed by atoms with E-state index in [1.807, 2.05) is 53.3 Å². The summed E-state index contributed by atoms with van der Waals surface area (Å²) in [6, 6.07) is 14.1. The Labute approximate surface area is 124 Å². The van der Waals surface area contributed by atoms with E-state index in [1.54, 1.807) is 0 Å². The fraction of sp³-hybridized carbons (Fsp3) is 0.235. The first-order valence-electron chi connectivity index (χ1n) is 7.25. The Morgan fingerprint density at radius 2 is 2.14 bits per heavy atom. The van der Waals surface area contributed by atoms with Crippen molar-refractivity contribution in [1.82, 2.24) is 9.61 Å². The van der Waals surface area contributed by atoms with Gasteiger partial charge < -0.3 is 10.1 Å². The third-order valence-electron chi connectivity index (χ3n) is 3.30. The number of anilines is 1. The fourth-order valence-electron chi connectivity index (χ4n) is 2.24. The van der Waals surface area contributed by atoms with E-state index in [0.717, 1.165) is 36.5 Å². The van der Waals surface area contributed by atoms with E-state index in [1.165, 1.54) is 5.56 Å². The van der Waals surface area contributed by atoms with Crippen LogP contribution in [0.5, 0.6) is 5.75 Å². The van der Waals surface area contributed by atoms with Crippen LogP contribution in [-0.4, -0.2) is 16.2 Å². The van der Waals surface area contributed by atoms with Crippen molar-refractivity contribution in [2.24, 2.45) is 0 Å². The van der Waals surface area contributed by atoms with E-state index < -0.39 is 0 Å². The molecule has 3 aromatic rings. The smallest absolute Gasteiger partial charge is 0.121 e. The number of fused-ring (bicyclic) bond motifs is 1. The van der Waals surface area contributed by atoms with Gasteiger partial charge in [0, 0.05) is 30.1 Å². The summed E-state index contributed by atoms with van der Waals surface area (Å²) in [5, 5.41) is 7.76. The van der Waals surface area contributed by atoms with Gasteiger partial charge in [-0.1, -0.05) is 19.1 Å². The minimum atomic E-state index is 0.741. The highest BCUT2D eigenvalue weighted by atomic mass is 16.5. The number of rotatable bonds is 6. The Balaban J connectivity index is 1.70. The first-order valence-corrected chi connectivity index (χ1v) is 7.25. The van der Waals surface area contributed by atoms with Crippen molar-refractivity contribution >= 4 is 11.2 Å². The molecule has 0 saturated carbocycles. The highest BCUT2D eigenvalue weighted by molar-refractivity contribution is 5.56. The second kappa shape index (κ2) is 6.31. The zero-order valence-corrected chi connectivity index (χ0v) is 12.1. The van der Waals surface area contributed by atoms with Crippen LogP contribution in [0.25, 0.3) is 5.52 Å². The van der Waals surface area contributed by atoms with Crippen LogP contribution >= 0.6 is 0 Å². The lowest BCUT2D eigenvalue weighted by Gasteiger charge is -2.09. The molecule has 2 heterocycles. The molecule has 0 saturated heterocycles. The molecule has 21 heavy (non-hydrogen) atoms. The van der Waals surface area contributed by atoms with Crippen LogP contribution in [0.1, 0.15) is 18.9 Å². The van der Waals surface area contributed by atoms with Gasteiger partial charge in [0.15, 0.2) is 0 Å². The summed E-state index contributed by atoms with van der Waals surface area (Å²) in [6.45, 7) is 3.59. The molecular formula is C17H19N3O. The molecule has 1 N–H and O–H groups in total.